The molecule has 2 heteroatoms. The number of aliphatic hydroxyl groups excluding tert-OH is 1. The zero-order valence-electron chi connectivity index (χ0n) is 18.0. The minimum absolute atomic E-state index is 0.119. The lowest BCUT2D eigenvalue weighted by atomic mass is 9.70. The summed E-state index contributed by atoms with van der Waals surface area (Å²) in [5.41, 5.74) is 2.95. The van der Waals surface area contributed by atoms with Crippen LogP contribution in [-0.4, -0.2) is 11.2 Å². The molecule has 29 heavy (non-hydrogen) atoms. The van der Waals surface area contributed by atoms with Crippen molar-refractivity contribution in [2.75, 3.05) is 0 Å². The van der Waals surface area contributed by atoms with E-state index in [1.54, 1.807) is 0 Å². The number of rotatable bonds is 7. The molecule has 1 aromatic rings. The molecule has 0 aromatic heterocycles. The topological polar surface area (TPSA) is 44.0 Å². The summed E-state index contributed by atoms with van der Waals surface area (Å²) in [5.74, 6) is 2.25. The van der Waals surface area contributed by atoms with Crippen molar-refractivity contribution in [1.82, 2.24) is 0 Å². The summed E-state index contributed by atoms with van der Waals surface area (Å²) < 4.78 is 0. The molecular weight excluding hydrogens is 354 g/mol. The van der Waals surface area contributed by atoms with Crippen LogP contribution in [-0.2, 0) is 6.42 Å². The van der Waals surface area contributed by atoms with Gasteiger partial charge in [0.1, 0.15) is 0 Å². The van der Waals surface area contributed by atoms with Crippen molar-refractivity contribution in [3.8, 4) is 6.07 Å². The zero-order valence-corrected chi connectivity index (χ0v) is 18.0. The normalized spacial score (nSPS) is 29.1. The monoisotopic (exact) mass is 391 g/mol. The Labute approximate surface area is 177 Å². The number of aryl methyl sites for hydroxylation is 1. The van der Waals surface area contributed by atoms with Crippen LogP contribution in [0.2, 0.25) is 0 Å². The molecule has 2 saturated carbocycles. The number of nitrogens with zero attached hydrogens (tertiary/aromatic N) is 1. The van der Waals surface area contributed by atoms with Crippen molar-refractivity contribution in [2.24, 2.45) is 17.8 Å². The van der Waals surface area contributed by atoms with Crippen LogP contribution in [0.5, 0.6) is 0 Å². The smallest absolute Gasteiger partial charge is 0.0912 e. The largest absolute Gasteiger partial charge is 0.393 e. The summed E-state index contributed by atoms with van der Waals surface area (Å²) in [7, 11) is 0. The van der Waals surface area contributed by atoms with Gasteiger partial charge in [0.25, 0.3) is 0 Å². The molecule has 156 valence electrons. The van der Waals surface area contributed by atoms with Gasteiger partial charge in [0.05, 0.1) is 12.2 Å². The highest BCUT2D eigenvalue weighted by atomic mass is 16.3. The molecule has 1 N–H and O–H groups in total. The first-order valence-corrected chi connectivity index (χ1v) is 11.7. The molecule has 1 aromatic carbocycles. The van der Waals surface area contributed by atoms with Crippen LogP contribution in [0.3, 0.4) is 0 Å². The molecule has 2 fully saturated rings. The van der Waals surface area contributed by atoms with Crippen molar-refractivity contribution in [3.63, 3.8) is 0 Å². The molecule has 0 radical (unpaired) electrons. The van der Waals surface area contributed by atoms with Crippen molar-refractivity contribution in [2.45, 2.75) is 83.2 Å². The van der Waals surface area contributed by atoms with Crippen molar-refractivity contribution in [3.05, 3.63) is 59.7 Å². The first-order chi connectivity index (χ1) is 14.2. The van der Waals surface area contributed by atoms with Gasteiger partial charge in [-0.3, -0.25) is 0 Å². The third kappa shape index (κ3) is 6.31. The fraction of sp³-hybridized carbons (Fsp3) is 0.593. The highest BCUT2D eigenvalue weighted by molar-refractivity contribution is 5.26. The number of hydrogen-bond acceptors (Lipinski definition) is 2. The number of nitriles is 1. The maximum Gasteiger partial charge on any atom is 0.0912 e. The number of hydrogen-bond donors (Lipinski definition) is 1. The molecule has 0 heterocycles. The van der Waals surface area contributed by atoms with Crippen molar-refractivity contribution < 1.29 is 5.11 Å². The van der Waals surface area contributed by atoms with Gasteiger partial charge >= 0.3 is 0 Å². The Kier molecular flexibility index (Phi) is 8.56. The average Bonchev–Trinajstić information content (AvgIpc) is 2.78. The van der Waals surface area contributed by atoms with Gasteiger partial charge in [0.15, 0.2) is 0 Å². The Bertz CT molecular complexity index is 695. The predicted molar refractivity (Wildman–Crippen MR) is 120 cm³/mol. The first kappa shape index (κ1) is 21.8. The lowest BCUT2D eigenvalue weighted by molar-refractivity contribution is 0.0127. The fourth-order valence-corrected chi connectivity index (χ4v) is 5.42. The Morgan fingerprint density at radius 3 is 2.17 bits per heavy atom. The summed E-state index contributed by atoms with van der Waals surface area (Å²) in [6.07, 6.45) is 19.2. The van der Waals surface area contributed by atoms with Gasteiger partial charge in [-0.1, -0.05) is 55.8 Å². The van der Waals surface area contributed by atoms with Gasteiger partial charge in [0, 0.05) is 6.08 Å². The van der Waals surface area contributed by atoms with Crippen LogP contribution < -0.4 is 0 Å². The molecule has 1 atom stereocenters. The molecule has 2 aliphatic carbocycles. The summed E-state index contributed by atoms with van der Waals surface area (Å²) in [5, 5.41) is 19.6. The van der Waals surface area contributed by atoms with Crippen molar-refractivity contribution >= 4 is 0 Å². The molecule has 0 amide bonds. The van der Waals surface area contributed by atoms with E-state index in [0.29, 0.717) is 23.7 Å². The van der Waals surface area contributed by atoms with Crippen LogP contribution in [0.1, 0.15) is 81.8 Å². The highest BCUT2D eigenvalue weighted by Crippen LogP contribution is 2.41. The standard InChI is InChI=1S/C27H37NO/c1-2-6-21-8-12-23(13-9-21)24-16-18-26(19-17-24)27(29)25-14-10-22(11-15-25)7-4-3-5-20-28/h3-5,7-9,12-13,22,24-27,29H,2,6,10-11,14-19H2,1H3. The molecule has 3 rings (SSSR count). The van der Waals surface area contributed by atoms with E-state index in [9.17, 15) is 5.11 Å². The van der Waals surface area contributed by atoms with Gasteiger partial charge in [0.2, 0.25) is 0 Å². The van der Waals surface area contributed by atoms with Crippen LogP contribution in [0.4, 0.5) is 0 Å². The van der Waals surface area contributed by atoms with Crippen LogP contribution in [0.15, 0.2) is 48.6 Å². The lowest BCUT2D eigenvalue weighted by Crippen LogP contribution is -2.34. The van der Waals surface area contributed by atoms with E-state index >= 15 is 0 Å². The van der Waals surface area contributed by atoms with Gasteiger partial charge in [-0.25, -0.2) is 0 Å². The minimum atomic E-state index is -0.119. The van der Waals surface area contributed by atoms with E-state index in [1.165, 1.54) is 55.7 Å². The molecule has 1 unspecified atom stereocenters. The second-order valence-corrected chi connectivity index (χ2v) is 9.14. The van der Waals surface area contributed by atoms with Gasteiger partial charge < -0.3 is 5.11 Å². The van der Waals surface area contributed by atoms with Gasteiger partial charge in [-0.2, -0.15) is 5.26 Å². The second kappa shape index (κ2) is 11.4. The van der Waals surface area contributed by atoms with E-state index < -0.39 is 0 Å². The molecule has 0 aliphatic heterocycles. The second-order valence-electron chi connectivity index (χ2n) is 9.14. The van der Waals surface area contributed by atoms with E-state index in [0.717, 1.165) is 25.7 Å². The SMILES string of the molecule is CCCc1ccc(C2CCC(C(O)C3CCC(C=CC=CC#N)CC3)CC2)cc1. The summed E-state index contributed by atoms with van der Waals surface area (Å²) >= 11 is 0. The summed E-state index contributed by atoms with van der Waals surface area (Å²) in [6.45, 7) is 2.23. The van der Waals surface area contributed by atoms with E-state index in [1.807, 2.05) is 18.2 Å². The Morgan fingerprint density at radius 2 is 1.59 bits per heavy atom. The average molecular weight is 392 g/mol. The van der Waals surface area contributed by atoms with Gasteiger partial charge in [-0.05, 0) is 92.6 Å². The predicted octanol–water partition coefficient (Wildman–Crippen LogP) is 6.72. The molecule has 0 spiro atoms. The number of aliphatic hydroxyl groups is 1. The molecule has 0 bridgehead atoms. The lowest BCUT2D eigenvalue weighted by Gasteiger charge is -2.38. The number of benzene rings is 1. The minimum Gasteiger partial charge on any atom is -0.393 e. The van der Waals surface area contributed by atoms with Crippen LogP contribution in [0.25, 0.3) is 0 Å². The maximum atomic E-state index is 11.0. The third-order valence-electron chi connectivity index (χ3n) is 7.21. The Hall–Kier alpha value is -1.85. The first-order valence-electron chi connectivity index (χ1n) is 11.7. The zero-order chi connectivity index (χ0) is 20.5. The molecule has 2 nitrogen and oxygen atoms in total. The summed E-state index contributed by atoms with van der Waals surface area (Å²) in [4.78, 5) is 0. The van der Waals surface area contributed by atoms with Crippen LogP contribution >= 0.6 is 0 Å². The van der Waals surface area contributed by atoms with E-state index in [-0.39, 0.29) is 6.10 Å². The molecular formula is C27H37NO. The van der Waals surface area contributed by atoms with E-state index in [4.69, 9.17) is 5.26 Å². The highest BCUT2D eigenvalue weighted by Gasteiger charge is 2.33. The molecule has 0 saturated heterocycles. The maximum absolute atomic E-state index is 11.0. The summed E-state index contributed by atoms with van der Waals surface area (Å²) in [6, 6.07) is 11.3. The van der Waals surface area contributed by atoms with Crippen molar-refractivity contribution in [1.29, 1.82) is 5.26 Å². The quantitative estimate of drug-likeness (QED) is 0.414. The Balaban J connectivity index is 1.43. The fourth-order valence-electron chi connectivity index (χ4n) is 5.42. The Morgan fingerprint density at radius 1 is 0.966 bits per heavy atom. The third-order valence-corrected chi connectivity index (χ3v) is 7.21. The number of allylic oxidation sites excluding steroid dienone is 4. The van der Waals surface area contributed by atoms with Crippen LogP contribution in [0, 0.1) is 29.1 Å². The van der Waals surface area contributed by atoms with E-state index in [2.05, 4.69) is 37.3 Å². The molecule has 2 aliphatic rings. The van der Waals surface area contributed by atoms with Gasteiger partial charge in [-0.15, -0.1) is 0 Å².